The van der Waals surface area contributed by atoms with E-state index in [9.17, 15) is 0 Å². The summed E-state index contributed by atoms with van der Waals surface area (Å²) in [5.41, 5.74) is 0. The van der Waals surface area contributed by atoms with Gasteiger partial charge in [-0.1, -0.05) is 26.2 Å². The SMILES string of the molecule is CCCCCCOCCOCCN(C)C. The normalized spacial score (nSPS) is 11.2. The third-order valence-corrected chi connectivity index (χ3v) is 2.20. The third-order valence-electron chi connectivity index (χ3n) is 2.20. The van der Waals surface area contributed by atoms with Crippen LogP contribution in [0.2, 0.25) is 0 Å². The summed E-state index contributed by atoms with van der Waals surface area (Å²) in [6, 6.07) is 0. The quantitative estimate of drug-likeness (QED) is 0.495. The summed E-state index contributed by atoms with van der Waals surface area (Å²) >= 11 is 0. The lowest BCUT2D eigenvalue weighted by molar-refractivity contribution is 0.0414. The van der Waals surface area contributed by atoms with E-state index in [0.29, 0.717) is 0 Å². The summed E-state index contributed by atoms with van der Waals surface area (Å²) in [7, 11) is 4.10. The molecule has 0 aliphatic heterocycles. The standard InChI is InChI=1S/C12H27NO2/c1-4-5-6-7-9-14-11-12-15-10-8-13(2)3/h4-12H2,1-3H3. The molecule has 92 valence electrons. The molecule has 0 aliphatic carbocycles. The van der Waals surface area contributed by atoms with Crippen molar-refractivity contribution in [1.82, 2.24) is 4.90 Å². The van der Waals surface area contributed by atoms with Crippen LogP contribution in [-0.4, -0.2) is 52.0 Å². The van der Waals surface area contributed by atoms with Gasteiger partial charge in [-0.05, 0) is 20.5 Å². The molecule has 3 heteroatoms. The van der Waals surface area contributed by atoms with E-state index < -0.39 is 0 Å². The van der Waals surface area contributed by atoms with Crippen molar-refractivity contribution in [3.05, 3.63) is 0 Å². The van der Waals surface area contributed by atoms with E-state index in [1.54, 1.807) is 0 Å². The van der Waals surface area contributed by atoms with E-state index in [1.807, 2.05) is 14.1 Å². The van der Waals surface area contributed by atoms with Crippen molar-refractivity contribution in [1.29, 1.82) is 0 Å². The molecule has 0 aromatic heterocycles. The zero-order valence-electron chi connectivity index (χ0n) is 10.6. The average molecular weight is 217 g/mol. The van der Waals surface area contributed by atoms with Crippen molar-refractivity contribution in [2.45, 2.75) is 32.6 Å². The highest BCUT2D eigenvalue weighted by molar-refractivity contribution is 4.41. The minimum atomic E-state index is 0.724. The highest BCUT2D eigenvalue weighted by atomic mass is 16.5. The van der Waals surface area contributed by atoms with Gasteiger partial charge in [-0.15, -0.1) is 0 Å². The number of nitrogens with zero attached hydrogens (tertiary/aromatic N) is 1. The molecular formula is C12H27NO2. The van der Waals surface area contributed by atoms with Gasteiger partial charge in [-0.2, -0.15) is 0 Å². The Morgan fingerprint density at radius 1 is 0.800 bits per heavy atom. The Labute approximate surface area is 94.7 Å². The lowest BCUT2D eigenvalue weighted by Gasteiger charge is -2.09. The fourth-order valence-corrected chi connectivity index (χ4v) is 1.20. The maximum atomic E-state index is 5.45. The van der Waals surface area contributed by atoms with Crippen LogP contribution < -0.4 is 0 Å². The first-order valence-electron chi connectivity index (χ1n) is 6.07. The molecule has 15 heavy (non-hydrogen) atoms. The van der Waals surface area contributed by atoms with Gasteiger partial charge in [0, 0.05) is 13.2 Å². The Morgan fingerprint density at radius 2 is 1.47 bits per heavy atom. The first-order chi connectivity index (χ1) is 7.27. The largest absolute Gasteiger partial charge is 0.379 e. The predicted octanol–water partition coefficient (Wildman–Crippen LogP) is 2.16. The van der Waals surface area contributed by atoms with Gasteiger partial charge in [0.2, 0.25) is 0 Å². The molecule has 0 rings (SSSR count). The molecular weight excluding hydrogens is 190 g/mol. The minimum absolute atomic E-state index is 0.724. The number of ether oxygens (including phenoxy) is 2. The Bertz CT molecular complexity index is 118. The molecule has 0 fully saturated rings. The van der Waals surface area contributed by atoms with Gasteiger partial charge in [0.1, 0.15) is 0 Å². The van der Waals surface area contributed by atoms with E-state index in [-0.39, 0.29) is 0 Å². The van der Waals surface area contributed by atoms with Crippen LogP contribution in [-0.2, 0) is 9.47 Å². The second kappa shape index (κ2) is 12.0. The summed E-state index contributed by atoms with van der Waals surface area (Å²) in [6.07, 6.45) is 5.08. The summed E-state index contributed by atoms with van der Waals surface area (Å²) in [6.45, 7) is 6.35. The van der Waals surface area contributed by atoms with Gasteiger partial charge in [-0.3, -0.25) is 0 Å². The van der Waals surface area contributed by atoms with Gasteiger partial charge < -0.3 is 14.4 Å². The van der Waals surface area contributed by atoms with Crippen molar-refractivity contribution >= 4 is 0 Å². The van der Waals surface area contributed by atoms with E-state index in [2.05, 4.69) is 11.8 Å². The van der Waals surface area contributed by atoms with Gasteiger partial charge in [0.15, 0.2) is 0 Å². The molecule has 0 aromatic carbocycles. The van der Waals surface area contributed by atoms with Gasteiger partial charge in [0.05, 0.1) is 19.8 Å². The Kier molecular flexibility index (Phi) is 11.9. The van der Waals surface area contributed by atoms with Crippen molar-refractivity contribution in [2.24, 2.45) is 0 Å². The molecule has 0 radical (unpaired) electrons. The first-order valence-corrected chi connectivity index (χ1v) is 6.07. The second-order valence-corrected chi connectivity index (χ2v) is 4.09. The molecule has 0 aromatic rings. The molecule has 0 amide bonds. The maximum Gasteiger partial charge on any atom is 0.0701 e. The number of unbranched alkanes of at least 4 members (excludes halogenated alkanes) is 3. The summed E-state index contributed by atoms with van der Waals surface area (Å²) < 4.78 is 10.9. The van der Waals surface area contributed by atoms with Crippen molar-refractivity contribution in [3.8, 4) is 0 Å². The van der Waals surface area contributed by atoms with E-state index in [4.69, 9.17) is 9.47 Å². The van der Waals surface area contributed by atoms with Crippen molar-refractivity contribution in [2.75, 3.05) is 47.1 Å². The number of rotatable bonds is 11. The lowest BCUT2D eigenvalue weighted by Crippen LogP contribution is -2.19. The molecule has 0 spiro atoms. The highest BCUT2D eigenvalue weighted by Crippen LogP contribution is 1.98. The molecule has 0 unspecified atom stereocenters. The summed E-state index contributed by atoms with van der Waals surface area (Å²) in [5.74, 6) is 0. The Balaban J connectivity index is 2.87. The molecule has 0 bridgehead atoms. The fraction of sp³-hybridized carbons (Fsp3) is 1.00. The fourth-order valence-electron chi connectivity index (χ4n) is 1.20. The van der Waals surface area contributed by atoms with E-state index in [0.717, 1.165) is 33.0 Å². The summed E-state index contributed by atoms with van der Waals surface area (Å²) in [4.78, 5) is 2.12. The third kappa shape index (κ3) is 13.9. The Morgan fingerprint density at radius 3 is 2.07 bits per heavy atom. The first kappa shape index (κ1) is 14.9. The number of hydrogen-bond donors (Lipinski definition) is 0. The molecule has 0 N–H and O–H groups in total. The molecule has 0 aliphatic rings. The zero-order valence-corrected chi connectivity index (χ0v) is 10.6. The van der Waals surface area contributed by atoms with Gasteiger partial charge >= 0.3 is 0 Å². The van der Waals surface area contributed by atoms with Gasteiger partial charge in [0.25, 0.3) is 0 Å². The Hall–Kier alpha value is -0.120. The van der Waals surface area contributed by atoms with Crippen molar-refractivity contribution < 1.29 is 9.47 Å². The monoisotopic (exact) mass is 217 g/mol. The van der Waals surface area contributed by atoms with Crippen LogP contribution in [0.1, 0.15) is 32.6 Å². The predicted molar refractivity (Wildman–Crippen MR) is 64.3 cm³/mol. The van der Waals surface area contributed by atoms with Crippen LogP contribution in [0.3, 0.4) is 0 Å². The average Bonchev–Trinajstić information content (AvgIpc) is 2.20. The van der Waals surface area contributed by atoms with E-state index >= 15 is 0 Å². The molecule has 0 saturated heterocycles. The number of likely N-dealkylation sites (N-methyl/N-ethyl adjacent to an activating group) is 1. The van der Waals surface area contributed by atoms with Crippen LogP contribution in [0.5, 0.6) is 0 Å². The van der Waals surface area contributed by atoms with E-state index in [1.165, 1.54) is 25.7 Å². The topological polar surface area (TPSA) is 21.7 Å². The molecule has 0 atom stereocenters. The van der Waals surface area contributed by atoms with Crippen molar-refractivity contribution in [3.63, 3.8) is 0 Å². The van der Waals surface area contributed by atoms with Crippen LogP contribution in [0, 0.1) is 0 Å². The minimum Gasteiger partial charge on any atom is -0.379 e. The highest BCUT2D eigenvalue weighted by Gasteiger charge is 1.92. The summed E-state index contributed by atoms with van der Waals surface area (Å²) in [5, 5.41) is 0. The zero-order chi connectivity index (χ0) is 11.4. The molecule has 0 saturated carbocycles. The molecule has 0 heterocycles. The maximum absolute atomic E-state index is 5.45. The van der Waals surface area contributed by atoms with Crippen LogP contribution >= 0.6 is 0 Å². The molecule has 3 nitrogen and oxygen atoms in total. The lowest BCUT2D eigenvalue weighted by atomic mass is 10.2. The van der Waals surface area contributed by atoms with Crippen LogP contribution in [0.25, 0.3) is 0 Å². The second-order valence-electron chi connectivity index (χ2n) is 4.09. The van der Waals surface area contributed by atoms with Gasteiger partial charge in [-0.25, -0.2) is 0 Å². The van der Waals surface area contributed by atoms with Crippen LogP contribution in [0.15, 0.2) is 0 Å². The smallest absolute Gasteiger partial charge is 0.0701 e. The number of hydrogen-bond acceptors (Lipinski definition) is 3. The van der Waals surface area contributed by atoms with Crippen LogP contribution in [0.4, 0.5) is 0 Å².